The Kier molecular flexibility index (Phi) is 6.03. The van der Waals surface area contributed by atoms with E-state index < -0.39 is 0 Å². The molecule has 0 amide bonds. The van der Waals surface area contributed by atoms with Crippen LogP contribution in [0, 0.1) is 0 Å². The number of morpholine rings is 1. The van der Waals surface area contributed by atoms with Crippen LogP contribution in [0.2, 0.25) is 0 Å². The van der Waals surface area contributed by atoms with Crippen LogP contribution in [0.3, 0.4) is 0 Å². The molecule has 0 aromatic heterocycles. The molecule has 1 saturated heterocycles. The van der Waals surface area contributed by atoms with Crippen molar-refractivity contribution in [1.82, 2.24) is 10.2 Å². The van der Waals surface area contributed by atoms with E-state index in [1.54, 1.807) is 0 Å². The number of rotatable bonds is 6. The first-order chi connectivity index (χ1) is 7.88. The van der Waals surface area contributed by atoms with Crippen molar-refractivity contribution in [1.29, 1.82) is 0 Å². The van der Waals surface area contributed by atoms with E-state index in [0.29, 0.717) is 6.67 Å². The van der Waals surface area contributed by atoms with E-state index in [0.717, 1.165) is 32.0 Å². The third-order valence-corrected chi connectivity index (χ3v) is 2.27. The fourth-order valence-corrected chi connectivity index (χ4v) is 1.46. The van der Waals surface area contributed by atoms with E-state index in [2.05, 4.69) is 28.5 Å². The van der Waals surface area contributed by atoms with Gasteiger partial charge in [-0.25, -0.2) is 0 Å². The SMILES string of the molecule is C=C/C(=C\C=C\NCN=C)N1CCOCC1. The summed E-state index contributed by atoms with van der Waals surface area (Å²) >= 11 is 0. The maximum Gasteiger partial charge on any atom is 0.106 e. The summed E-state index contributed by atoms with van der Waals surface area (Å²) in [5, 5.41) is 2.99. The lowest BCUT2D eigenvalue weighted by Crippen LogP contribution is -2.35. The van der Waals surface area contributed by atoms with Crippen molar-refractivity contribution in [2.24, 2.45) is 4.99 Å². The quantitative estimate of drug-likeness (QED) is 0.415. The largest absolute Gasteiger partial charge is 0.378 e. The molecule has 0 aliphatic carbocycles. The number of nitrogens with one attached hydrogen (secondary N) is 1. The summed E-state index contributed by atoms with van der Waals surface area (Å²) in [5.74, 6) is 0. The van der Waals surface area contributed by atoms with Crippen molar-refractivity contribution in [3.05, 3.63) is 36.7 Å². The van der Waals surface area contributed by atoms with Crippen molar-refractivity contribution in [3.63, 3.8) is 0 Å². The number of allylic oxidation sites excluding steroid dienone is 3. The molecule has 1 aliphatic rings. The molecule has 0 bridgehead atoms. The van der Waals surface area contributed by atoms with Gasteiger partial charge in [0.1, 0.15) is 6.67 Å². The van der Waals surface area contributed by atoms with Gasteiger partial charge in [0.15, 0.2) is 0 Å². The van der Waals surface area contributed by atoms with Crippen LogP contribution in [0.5, 0.6) is 0 Å². The van der Waals surface area contributed by atoms with Gasteiger partial charge in [-0.15, -0.1) is 0 Å². The molecule has 0 unspecified atom stereocenters. The van der Waals surface area contributed by atoms with Gasteiger partial charge in [-0.1, -0.05) is 6.58 Å². The van der Waals surface area contributed by atoms with Gasteiger partial charge in [-0.2, -0.15) is 0 Å². The highest BCUT2D eigenvalue weighted by Crippen LogP contribution is 2.08. The number of aliphatic imine (C=N–C) groups is 1. The van der Waals surface area contributed by atoms with E-state index in [4.69, 9.17) is 4.74 Å². The maximum atomic E-state index is 5.30. The second-order valence-electron chi connectivity index (χ2n) is 3.34. The Balaban J connectivity index is 2.44. The van der Waals surface area contributed by atoms with Gasteiger partial charge in [-0.05, 0) is 31.1 Å². The highest BCUT2D eigenvalue weighted by Gasteiger charge is 2.10. The van der Waals surface area contributed by atoms with Crippen LogP contribution in [-0.4, -0.2) is 44.6 Å². The van der Waals surface area contributed by atoms with Crippen molar-refractivity contribution in [3.8, 4) is 0 Å². The van der Waals surface area contributed by atoms with Crippen LogP contribution >= 0.6 is 0 Å². The molecule has 0 aromatic rings. The smallest absolute Gasteiger partial charge is 0.106 e. The van der Waals surface area contributed by atoms with Gasteiger partial charge in [0.2, 0.25) is 0 Å². The molecule has 0 aromatic carbocycles. The number of hydrogen-bond acceptors (Lipinski definition) is 4. The maximum absolute atomic E-state index is 5.30. The average molecular weight is 221 g/mol. The molecule has 0 spiro atoms. The van der Waals surface area contributed by atoms with Crippen molar-refractivity contribution in [2.45, 2.75) is 0 Å². The van der Waals surface area contributed by atoms with Gasteiger partial charge >= 0.3 is 0 Å². The predicted molar refractivity (Wildman–Crippen MR) is 67.4 cm³/mol. The van der Waals surface area contributed by atoms with Crippen LogP contribution < -0.4 is 5.32 Å². The van der Waals surface area contributed by atoms with Gasteiger partial charge in [0.05, 0.1) is 13.2 Å². The minimum atomic E-state index is 0.533. The van der Waals surface area contributed by atoms with Gasteiger partial charge in [0, 0.05) is 18.8 Å². The molecular formula is C12H19N3O. The summed E-state index contributed by atoms with van der Waals surface area (Å²) < 4.78 is 5.30. The van der Waals surface area contributed by atoms with Gasteiger partial charge < -0.3 is 15.0 Å². The van der Waals surface area contributed by atoms with E-state index in [9.17, 15) is 0 Å². The standard InChI is InChI=1S/C12H19N3O/c1-3-12(5-4-6-14-11-13-2)15-7-9-16-10-8-15/h3-6,14H,1-2,7-11H2/b6-4+,12-5+. The summed E-state index contributed by atoms with van der Waals surface area (Å²) in [6.07, 6.45) is 7.67. The molecule has 0 atom stereocenters. The third-order valence-electron chi connectivity index (χ3n) is 2.27. The molecule has 0 radical (unpaired) electrons. The molecule has 4 nitrogen and oxygen atoms in total. The van der Waals surface area contributed by atoms with E-state index in [-0.39, 0.29) is 0 Å². The third kappa shape index (κ3) is 4.31. The summed E-state index contributed by atoms with van der Waals surface area (Å²) in [7, 11) is 0. The zero-order valence-corrected chi connectivity index (χ0v) is 9.56. The minimum Gasteiger partial charge on any atom is -0.378 e. The molecule has 88 valence electrons. The van der Waals surface area contributed by atoms with E-state index in [1.165, 1.54) is 0 Å². The lowest BCUT2D eigenvalue weighted by atomic mass is 10.3. The van der Waals surface area contributed by atoms with Crippen LogP contribution in [-0.2, 0) is 4.74 Å². The van der Waals surface area contributed by atoms with Crippen LogP contribution in [0.25, 0.3) is 0 Å². The molecular weight excluding hydrogens is 202 g/mol. The predicted octanol–water partition coefficient (Wildman–Crippen LogP) is 1.15. The van der Waals surface area contributed by atoms with Gasteiger partial charge in [-0.3, -0.25) is 4.99 Å². The average Bonchev–Trinajstić information content (AvgIpc) is 2.35. The zero-order valence-electron chi connectivity index (χ0n) is 9.56. The van der Waals surface area contributed by atoms with Gasteiger partial charge in [0.25, 0.3) is 0 Å². The first-order valence-electron chi connectivity index (χ1n) is 5.36. The second-order valence-corrected chi connectivity index (χ2v) is 3.34. The Labute approximate surface area is 97.0 Å². The molecule has 1 fully saturated rings. The van der Waals surface area contributed by atoms with Crippen LogP contribution in [0.15, 0.2) is 41.7 Å². The Bertz CT molecular complexity index is 278. The number of ether oxygens (including phenoxy) is 1. The fourth-order valence-electron chi connectivity index (χ4n) is 1.46. The van der Waals surface area contributed by atoms with Crippen molar-refractivity contribution >= 4 is 6.72 Å². The minimum absolute atomic E-state index is 0.533. The summed E-state index contributed by atoms with van der Waals surface area (Å²) in [6, 6.07) is 0. The lowest BCUT2D eigenvalue weighted by molar-refractivity contribution is 0.0554. The van der Waals surface area contributed by atoms with Crippen molar-refractivity contribution < 1.29 is 4.74 Å². The Morgan fingerprint density at radius 3 is 2.81 bits per heavy atom. The van der Waals surface area contributed by atoms with Crippen LogP contribution in [0.1, 0.15) is 0 Å². The van der Waals surface area contributed by atoms with Crippen molar-refractivity contribution in [2.75, 3.05) is 33.0 Å². The zero-order chi connectivity index (χ0) is 11.6. The summed E-state index contributed by atoms with van der Waals surface area (Å²) in [6.45, 7) is 11.2. The van der Waals surface area contributed by atoms with Crippen LogP contribution in [0.4, 0.5) is 0 Å². The van der Waals surface area contributed by atoms with E-state index in [1.807, 2.05) is 24.4 Å². The number of hydrogen-bond donors (Lipinski definition) is 1. The Morgan fingerprint density at radius 1 is 1.44 bits per heavy atom. The number of nitrogens with zero attached hydrogens (tertiary/aromatic N) is 2. The highest BCUT2D eigenvalue weighted by atomic mass is 16.5. The normalized spacial score (nSPS) is 17.5. The topological polar surface area (TPSA) is 36.9 Å². The summed E-state index contributed by atoms with van der Waals surface area (Å²) in [4.78, 5) is 5.94. The van der Waals surface area contributed by atoms with E-state index >= 15 is 0 Å². The second kappa shape index (κ2) is 7.70. The molecule has 1 rings (SSSR count). The first kappa shape index (κ1) is 12.5. The molecule has 1 heterocycles. The molecule has 4 heteroatoms. The Hall–Kier alpha value is -1.55. The highest BCUT2D eigenvalue weighted by molar-refractivity contribution is 5.23. The fraction of sp³-hybridized carbons (Fsp3) is 0.417. The molecule has 0 saturated carbocycles. The Morgan fingerprint density at radius 2 is 2.19 bits per heavy atom. The lowest BCUT2D eigenvalue weighted by Gasteiger charge is -2.29. The summed E-state index contributed by atoms with van der Waals surface area (Å²) in [5.41, 5.74) is 1.12. The molecule has 16 heavy (non-hydrogen) atoms. The monoisotopic (exact) mass is 221 g/mol. The molecule has 1 N–H and O–H groups in total. The molecule has 1 aliphatic heterocycles. The first-order valence-corrected chi connectivity index (χ1v) is 5.36.